The van der Waals surface area contributed by atoms with Crippen molar-refractivity contribution in [3.05, 3.63) is 34.9 Å². The highest BCUT2D eigenvalue weighted by molar-refractivity contribution is 5.33. The van der Waals surface area contributed by atoms with E-state index in [0.29, 0.717) is 19.3 Å². The zero-order valence-electron chi connectivity index (χ0n) is 46.5. The topological polar surface area (TPSA) is 121 Å². The highest BCUT2D eigenvalue weighted by Gasteiger charge is 2.33. The number of benzene rings is 1. The van der Waals surface area contributed by atoms with Gasteiger partial charge in [0.25, 0.3) is 0 Å². The minimum atomic E-state index is -0.646. The normalized spacial score (nSPS) is 12.5. The minimum absolute atomic E-state index is 0.0894. The van der Waals surface area contributed by atoms with Gasteiger partial charge in [0.15, 0.2) is 0 Å². The summed E-state index contributed by atoms with van der Waals surface area (Å²) in [4.78, 5) is 0. The van der Waals surface area contributed by atoms with E-state index >= 15 is 0 Å². The van der Waals surface area contributed by atoms with E-state index in [0.717, 1.165) is 74.5 Å². The standard InChI is InChI=1S/C63H120O6/c1-4-7-10-13-16-19-22-25-28-31-34-37-40-43-61(52-64,53-65)49-58-46-59(50-62(54-66,55-67)44-41-38-35-32-29-26-23-20-17-14-11-8-5-2)48-60(47-58)51-63(56-68,57-69)45-42-39-36-33-30-27-24-21-18-15-12-9-6-3/h46-48,64-69H,4-45,49-57H2,1-3H3. The van der Waals surface area contributed by atoms with Crippen molar-refractivity contribution in [3.8, 4) is 0 Å². The predicted octanol–water partition coefficient (Wildman–Crippen LogP) is 16.7. The van der Waals surface area contributed by atoms with Gasteiger partial charge in [0.1, 0.15) is 0 Å². The van der Waals surface area contributed by atoms with Crippen LogP contribution in [0.25, 0.3) is 0 Å². The molecule has 1 aromatic rings. The first kappa shape index (κ1) is 66.0. The summed E-state index contributed by atoms with van der Waals surface area (Å²) in [6, 6.07) is 6.55. The van der Waals surface area contributed by atoms with Crippen LogP contribution in [0.4, 0.5) is 0 Å². The van der Waals surface area contributed by atoms with Crippen molar-refractivity contribution in [3.63, 3.8) is 0 Å². The van der Waals surface area contributed by atoms with Crippen molar-refractivity contribution >= 4 is 0 Å². The number of rotatable bonds is 54. The van der Waals surface area contributed by atoms with Gasteiger partial charge < -0.3 is 30.6 Å². The Kier molecular flexibility index (Phi) is 43.6. The summed E-state index contributed by atoms with van der Waals surface area (Å²) in [5.74, 6) is 0. The lowest BCUT2D eigenvalue weighted by Gasteiger charge is -2.33. The molecule has 0 aliphatic rings. The van der Waals surface area contributed by atoms with Crippen LogP contribution < -0.4 is 0 Å². The van der Waals surface area contributed by atoms with Crippen LogP contribution in [0.2, 0.25) is 0 Å². The van der Waals surface area contributed by atoms with Crippen LogP contribution in [0, 0.1) is 16.2 Å². The Morgan fingerprint density at radius 2 is 0.377 bits per heavy atom. The second-order valence-electron chi connectivity index (χ2n) is 23.1. The molecule has 0 aromatic heterocycles. The van der Waals surface area contributed by atoms with Gasteiger partial charge in [0.05, 0.1) is 39.6 Å². The second kappa shape index (κ2) is 45.6. The van der Waals surface area contributed by atoms with Gasteiger partial charge in [-0.2, -0.15) is 0 Å². The van der Waals surface area contributed by atoms with Crippen molar-refractivity contribution in [2.45, 2.75) is 310 Å². The van der Waals surface area contributed by atoms with Crippen molar-refractivity contribution in [2.24, 2.45) is 16.2 Å². The smallest absolute Gasteiger partial charge is 0.0512 e. The van der Waals surface area contributed by atoms with Gasteiger partial charge in [-0.25, -0.2) is 0 Å². The third-order valence-corrected chi connectivity index (χ3v) is 16.3. The molecule has 0 aliphatic carbocycles. The van der Waals surface area contributed by atoms with Gasteiger partial charge in [-0.3, -0.25) is 0 Å². The van der Waals surface area contributed by atoms with E-state index in [1.165, 1.54) is 212 Å². The second-order valence-corrected chi connectivity index (χ2v) is 23.1. The molecule has 6 nitrogen and oxygen atoms in total. The van der Waals surface area contributed by atoms with Crippen LogP contribution >= 0.6 is 0 Å². The highest BCUT2D eigenvalue weighted by atomic mass is 16.3. The summed E-state index contributed by atoms with van der Waals surface area (Å²) < 4.78 is 0. The molecule has 0 atom stereocenters. The van der Waals surface area contributed by atoms with Gasteiger partial charge in [0, 0.05) is 16.2 Å². The Hall–Kier alpha value is -1.02. The van der Waals surface area contributed by atoms with Crippen LogP contribution in [-0.4, -0.2) is 70.3 Å². The van der Waals surface area contributed by atoms with E-state index in [-0.39, 0.29) is 39.6 Å². The molecule has 0 saturated carbocycles. The molecule has 6 heteroatoms. The molecule has 0 saturated heterocycles. The first-order chi connectivity index (χ1) is 33.8. The molecule has 408 valence electrons. The van der Waals surface area contributed by atoms with E-state index in [1.807, 2.05) is 0 Å². The van der Waals surface area contributed by atoms with Crippen LogP contribution in [0.5, 0.6) is 0 Å². The van der Waals surface area contributed by atoms with Crippen LogP contribution in [0.15, 0.2) is 18.2 Å². The Balaban J connectivity index is 3.00. The third-order valence-electron chi connectivity index (χ3n) is 16.3. The predicted molar refractivity (Wildman–Crippen MR) is 298 cm³/mol. The molecule has 0 amide bonds. The Morgan fingerprint density at radius 1 is 0.232 bits per heavy atom. The van der Waals surface area contributed by atoms with E-state index in [1.54, 1.807) is 0 Å². The lowest BCUT2D eigenvalue weighted by molar-refractivity contribution is 0.0426. The van der Waals surface area contributed by atoms with Gasteiger partial charge in [-0.05, 0) is 55.2 Å². The van der Waals surface area contributed by atoms with Crippen molar-refractivity contribution in [2.75, 3.05) is 39.6 Å². The van der Waals surface area contributed by atoms with Crippen LogP contribution in [0.1, 0.15) is 307 Å². The van der Waals surface area contributed by atoms with E-state index < -0.39 is 16.2 Å². The van der Waals surface area contributed by atoms with Gasteiger partial charge in [-0.15, -0.1) is 0 Å². The summed E-state index contributed by atoms with van der Waals surface area (Å²) in [6.07, 6.45) is 53.8. The fourth-order valence-electron chi connectivity index (χ4n) is 11.2. The maximum absolute atomic E-state index is 10.9. The van der Waals surface area contributed by atoms with Crippen molar-refractivity contribution < 1.29 is 30.6 Å². The van der Waals surface area contributed by atoms with E-state index in [4.69, 9.17) is 0 Å². The zero-order valence-corrected chi connectivity index (χ0v) is 46.5. The number of hydrogen-bond donors (Lipinski definition) is 6. The van der Waals surface area contributed by atoms with Crippen molar-refractivity contribution in [1.29, 1.82) is 0 Å². The minimum Gasteiger partial charge on any atom is -0.396 e. The highest BCUT2D eigenvalue weighted by Crippen LogP contribution is 2.36. The van der Waals surface area contributed by atoms with E-state index in [2.05, 4.69) is 39.0 Å². The maximum atomic E-state index is 10.9. The van der Waals surface area contributed by atoms with Gasteiger partial charge in [0.2, 0.25) is 0 Å². The zero-order chi connectivity index (χ0) is 50.4. The molecule has 1 rings (SSSR count). The largest absolute Gasteiger partial charge is 0.396 e. The third kappa shape index (κ3) is 33.4. The number of aliphatic hydroxyl groups excluding tert-OH is 6. The Morgan fingerprint density at radius 3 is 0.522 bits per heavy atom. The average molecular weight is 974 g/mol. The molecular weight excluding hydrogens is 853 g/mol. The summed E-state index contributed by atoms with van der Waals surface area (Å²) in [5.41, 5.74) is 1.18. The number of hydrogen-bond acceptors (Lipinski definition) is 6. The molecule has 0 spiro atoms. The SMILES string of the molecule is CCCCCCCCCCCCCCCC(CO)(CO)Cc1cc(CC(CO)(CO)CCCCCCCCCCCCCCC)cc(CC(CO)(CO)CCCCCCCCCCCCCCC)c1. The van der Waals surface area contributed by atoms with Gasteiger partial charge in [-0.1, -0.05) is 289 Å². The molecule has 69 heavy (non-hydrogen) atoms. The quantitative estimate of drug-likeness (QED) is 0.0362. The monoisotopic (exact) mass is 973 g/mol. The van der Waals surface area contributed by atoms with Crippen LogP contribution in [-0.2, 0) is 19.3 Å². The first-order valence-electron chi connectivity index (χ1n) is 30.6. The lowest BCUT2D eigenvalue weighted by Crippen LogP contribution is -2.34. The average Bonchev–Trinajstić information content (AvgIpc) is 3.37. The fraction of sp³-hybridized carbons (Fsp3) is 0.905. The van der Waals surface area contributed by atoms with Crippen LogP contribution in [0.3, 0.4) is 0 Å². The number of unbranched alkanes of at least 4 members (excludes halogenated alkanes) is 36. The fourth-order valence-corrected chi connectivity index (χ4v) is 11.2. The molecule has 0 aliphatic heterocycles. The molecule has 0 unspecified atom stereocenters. The van der Waals surface area contributed by atoms with Crippen molar-refractivity contribution in [1.82, 2.24) is 0 Å². The first-order valence-corrected chi connectivity index (χ1v) is 30.6. The summed E-state index contributed by atoms with van der Waals surface area (Å²) >= 11 is 0. The summed E-state index contributed by atoms with van der Waals surface area (Å²) in [5, 5.41) is 65.4. The molecule has 0 bridgehead atoms. The molecular formula is C63H120O6. The molecule has 6 N–H and O–H groups in total. The molecule has 1 aromatic carbocycles. The molecule has 0 heterocycles. The summed E-state index contributed by atoms with van der Waals surface area (Å²) in [7, 11) is 0. The Bertz CT molecular complexity index is 1060. The number of aliphatic hydroxyl groups is 6. The maximum Gasteiger partial charge on any atom is 0.0512 e. The summed E-state index contributed by atoms with van der Waals surface area (Å²) in [6.45, 7) is 6.29. The van der Waals surface area contributed by atoms with E-state index in [9.17, 15) is 30.6 Å². The van der Waals surface area contributed by atoms with Gasteiger partial charge >= 0.3 is 0 Å². The molecule has 0 radical (unpaired) electrons. The lowest BCUT2D eigenvalue weighted by atomic mass is 9.74. The molecule has 0 fully saturated rings. The Labute approximate surface area is 429 Å².